The molecular formula is C13H15F3N4O. The first kappa shape index (κ1) is 15.3. The third-order valence-corrected chi connectivity index (χ3v) is 2.76. The molecule has 0 aliphatic rings. The van der Waals surface area contributed by atoms with Gasteiger partial charge in [-0.1, -0.05) is 18.1 Å². The summed E-state index contributed by atoms with van der Waals surface area (Å²) in [5, 5.41) is 13.4. The van der Waals surface area contributed by atoms with Crippen molar-refractivity contribution in [3.8, 4) is 0 Å². The van der Waals surface area contributed by atoms with Crippen LogP contribution in [0.15, 0.2) is 28.7 Å². The lowest BCUT2D eigenvalue weighted by atomic mass is 10.2. The first-order chi connectivity index (χ1) is 9.90. The fourth-order valence-electron chi connectivity index (χ4n) is 1.75. The Bertz CT molecular complexity index is 597. The summed E-state index contributed by atoms with van der Waals surface area (Å²) < 4.78 is 43.2. The number of hydrogen-bond acceptors (Lipinski definition) is 5. The largest absolute Gasteiger partial charge is 0.416 e. The maximum atomic E-state index is 12.6. The molecule has 1 aromatic heterocycles. The van der Waals surface area contributed by atoms with Gasteiger partial charge >= 0.3 is 12.2 Å². The van der Waals surface area contributed by atoms with Crippen molar-refractivity contribution in [2.75, 3.05) is 11.9 Å². The minimum absolute atomic E-state index is 0.0501. The Hall–Kier alpha value is -2.09. The molecule has 21 heavy (non-hydrogen) atoms. The van der Waals surface area contributed by atoms with Gasteiger partial charge in [-0.25, -0.2) is 0 Å². The number of alkyl halides is 3. The highest BCUT2D eigenvalue weighted by Crippen LogP contribution is 2.31. The predicted molar refractivity (Wildman–Crippen MR) is 71.1 cm³/mol. The average Bonchev–Trinajstić information content (AvgIpc) is 2.87. The highest BCUT2D eigenvalue weighted by Gasteiger charge is 2.30. The molecule has 8 heteroatoms. The lowest BCUT2D eigenvalue weighted by molar-refractivity contribution is -0.137. The van der Waals surface area contributed by atoms with Crippen molar-refractivity contribution in [3.63, 3.8) is 0 Å². The van der Waals surface area contributed by atoms with E-state index in [-0.39, 0.29) is 17.7 Å². The number of benzene rings is 1. The second-order valence-corrected chi connectivity index (χ2v) is 4.43. The zero-order valence-electron chi connectivity index (χ0n) is 11.5. The van der Waals surface area contributed by atoms with Crippen LogP contribution in [0.1, 0.15) is 31.3 Å². The summed E-state index contributed by atoms with van der Waals surface area (Å²) in [5.74, 6) is 0.367. The molecule has 2 N–H and O–H groups in total. The lowest BCUT2D eigenvalue weighted by Gasteiger charge is -2.08. The molecule has 0 radical (unpaired) electrons. The second kappa shape index (κ2) is 6.13. The molecule has 1 heterocycles. The maximum Gasteiger partial charge on any atom is 0.416 e. The Morgan fingerprint density at radius 3 is 2.71 bits per heavy atom. The van der Waals surface area contributed by atoms with Crippen LogP contribution in [0.5, 0.6) is 0 Å². The van der Waals surface area contributed by atoms with Gasteiger partial charge in [-0.05, 0) is 31.7 Å². The summed E-state index contributed by atoms with van der Waals surface area (Å²) >= 11 is 0. The van der Waals surface area contributed by atoms with E-state index in [0.717, 1.165) is 18.7 Å². The van der Waals surface area contributed by atoms with Crippen molar-refractivity contribution >= 4 is 11.7 Å². The average molecular weight is 300 g/mol. The molecule has 114 valence electrons. The topological polar surface area (TPSA) is 63.0 Å². The van der Waals surface area contributed by atoms with Crippen molar-refractivity contribution < 1.29 is 17.6 Å². The molecule has 0 aliphatic heterocycles. The first-order valence-corrected chi connectivity index (χ1v) is 6.41. The lowest BCUT2D eigenvalue weighted by Crippen LogP contribution is -2.17. The van der Waals surface area contributed by atoms with Gasteiger partial charge in [0.15, 0.2) is 0 Å². The number of anilines is 2. The number of nitrogens with zero attached hydrogens (tertiary/aromatic N) is 2. The highest BCUT2D eigenvalue weighted by molar-refractivity contribution is 5.53. The third kappa shape index (κ3) is 3.94. The maximum absolute atomic E-state index is 12.6. The molecule has 2 rings (SSSR count). The van der Waals surface area contributed by atoms with E-state index in [1.807, 2.05) is 13.8 Å². The monoisotopic (exact) mass is 300 g/mol. The normalized spacial score (nSPS) is 13.2. The summed E-state index contributed by atoms with van der Waals surface area (Å²) in [7, 11) is 0. The quantitative estimate of drug-likeness (QED) is 0.885. The van der Waals surface area contributed by atoms with Gasteiger partial charge in [0, 0.05) is 5.69 Å². The number of nitrogens with one attached hydrogen (secondary N) is 2. The van der Waals surface area contributed by atoms with E-state index in [1.54, 1.807) is 0 Å². The minimum atomic E-state index is -4.39. The zero-order chi connectivity index (χ0) is 15.5. The van der Waals surface area contributed by atoms with Crippen LogP contribution in [-0.2, 0) is 6.18 Å². The molecule has 0 spiro atoms. The van der Waals surface area contributed by atoms with Gasteiger partial charge < -0.3 is 15.1 Å². The fraction of sp³-hybridized carbons (Fsp3) is 0.385. The SMILES string of the molecule is CCNC(C)c1nnc(Nc2cccc(C(F)(F)F)c2)o1. The molecule has 1 aromatic carbocycles. The van der Waals surface area contributed by atoms with E-state index in [9.17, 15) is 13.2 Å². The number of rotatable bonds is 5. The molecule has 5 nitrogen and oxygen atoms in total. The fourth-order valence-corrected chi connectivity index (χ4v) is 1.75. The third-order valence-electron chi connectivity index (χ3n) is 2.76. The van der Waals surface area contributed by atoms with Crippen LogP contribution in [0, 0.1) is 0 Å². The Morgan fingerprint density at radius 2 is 2.05 bits per heavy atom. The van der Waals surface area contributed by atoms with Gasteiger partial charge in [0.25, 0.3) is 0 Å². The number of halogens is 3. The van der Waals surface area contributed by atoms with Gasteiger partial charge in [-0.15, -0.1) is 5.10 Å². The van der Waals surface area contributed by atoms with Crippen LogP contribution in [0.4, 0.5) is 24.9 Å². The first-order valence-electron chi connectivity index (χ1n) is 6.41. The van der Waals surface area contributed by atoms with E-state index in [2.05, 4.69) is 20.8 Å². The van der Waals surface area contributed by atoms with Crippen molar-refractivity contribution in [1.82, 2.24) is 15.5 Å². The summed E-state index contributed by atoms with van der Waals surface area (Å²) in [5.41, 5.74) is -0.510. The zero-order valence-corrected chi connectivity index (χ0v) is 11.5. The van der Waals surface area contributed by atoms with Crippen molar-refractivity contribution in [1.29, 1.82) is 0 Å². The molecule has 0 aliphatic carbocycles. The minimum Gasteiger partial charge on any atom is -0.406 e. The van der Waals surface area contributed by atoms with E-state index in [0.29, 0.717) is 5.89 Å². The second-order valence-electron chi connectivity index (χ2n) is 4.43. The molecule has 0 bridgehead atoms. The van der Waals surface area contributed by atoms with Gasteiger partial charge in [-0.2, -0.15) is 13.2 Å². The molecule has 0 fully saturated rings. The molecule has 0 saturated heterocycles. The van der Waals surface area contributed by atoms with Gasteiger partial charge in [-0.3, -0.25) is 0 Å². The van der Waals surface area contributed by atoms with Gasteiger partial charge in [0.2, 0.25) is 5.89 Å². The Labute approximate surface area is 119 Å². The van der Waals surface area contributed by atoms with Gasteiger partial charge in [0.1, 0.15) is 0 Å². The van der Waals surface area contributed by atoms with Crippen LogP contribution in [-0.4, -0.2) is 16.7 Å². The molecule has 2 aromatic rings. The van der Waals surface area contributed by atoms with E-state index < -0.39 is 11.7 Å². The van der Waals surface area contributed by atoms with Crippen molar-refractivity contribution in [2.24, 2.45) is 0 Å². The van der Waals surface area contributed by atoms with E-state index in [1.165, 1.54) is 12.1 Å². The molecular weight excluding hydrogens is 285 g/mol. The van der Waals surface area contributed by atoms with Crippen LogP contribution < -0.4 is 10.6 Å². The van der Waals surface area contributed by atoms with Crippen LogP contribution in [0.3, 0.4) is 0 Å². The standard InChI is InChI=1S/C13H15F3N4O/c1-3-17-8(2)11-19-20-12(21-11)18-10-6-4-5-9(7-10)13(14,15)16/h4-8,17H,3H2,1-2H3,(H,18,20). The Morgan fingerprint density at radius 1 is 1.29 bits per heavy atom. The van der Waals surface area contributed by atoms with Crippen LogP contribution >= 0.6 is 0 Å². The van der Waals surface area contributed by atoms with Crippen molar-refractivity contribution in [3.05, 3.63) is 35.7 Å². The van der Waals surface area contributed by atoms with E-state index in [4.69, 9.17) is 4.42 Å². The molecule has 0 saturated carbocycles. The summed E-state index contributed by atoms with van der Waals surface area (Å²) in [6.45, 7) is 4.53. The number of hydrogen-bond donors (Lipinski definition) is 2. The van der Waals surface area contributed by atoms with E-state index >= 15 is 0 Å². The Kier molecular flexibility index (Phi) is 4.46. The van der Waals surface area contributed by atoms with Crippen LogP contribution in [0.25, 0.3) is 0 Å². The smallest absolute Gasteiger partial charge is 0.406 e. The van der Waals surface area contributed by atoms with Gasteiger partial charge in [0.05, 0.1) is 11.6 Å². The predicted octanol–water partition coefficient (Wildman–Crippen LogP) is 3.50. The molecule has 1 atom stereocenters. The molecule has 1 unspecified atom stereocenters. The van der Waals surface area contributed by atoms with Crippen molar-refractivity contribution in [2.45, 2.75) is 26.1 Å². The summed E-state index contributed by atoms with van der Waals surface area (Å²) in [6.07, 6.45) is -4.39. The summed E-state index contributed by atoms with van der Waals surface area (Å²) in [6, 6.07) is 4.71. The van der Waals surface area contributed by atoms with Crippen LogP contribution in [0.2, 0.25) is 0 Å². The summed E-state index contributed by atoms with van der Waals surface area (Å²) in [4.78, 5) is 0. The highest BCUT2D eigenvalue weighted by atomic mass is 19.4. The molecule has 0 amide bonds. The number of aromatic nitrogens is 2. The Balaban J connectivity index is 2.12.